The first-order valence-corrected chi connectivity index (χ1v) is 8.08. The van der Waals surface area contributed by atoms with E-state index in [-0.39, 0.29) is 25.8 Å². The van der Waals surface area contributed by atoms with Crippen molar-refractivity contribution in [2.24, 2.45) is 0 Å². The van der Waals surface area contributed by atoms with Gasteiger partial charge in [-0.3, -0.25) is 4.72 Å². The van der Waals surface area contributed by atoms with E-state index in [0.29, 0.717) is 0 Å². The second-order valence-corrected chi connectivity index (χ2v) is 6.98. The van der Waals surface area contributed by atoms with Crippen LogP contribution in [0.2, 0.25) is 5.02 Å². The lowest BCUT2D eigenvalue weighted by Crippen LogP contribution is -2.14. The van der Waals surface area contributed by atoms with Gasteiger partial charge in [0, 0.05) is 4.47 Å². The Morgan fingerprint density at radius 3 is 2.43 bits per heavy atom. The highest BCUT2D eigenvalue weighted by atomic mass is 79.9. The molecule has 0 aliphatic rings. The molecular formula is C12H8BrClF2N2O2S. The van der Waals surface area contributed by atoms with Crippen LogP contribution in [-0.2, 0) is 10.0 Å². The average molecular weight is 398 g/mol. The molecule has 0 bridgehead atoms. The topological polar surface area (TPSA) is 72.2 Å². The Balaban J connectivity index is 2.44. The van der Waals surface area contributed by atoms with Gasteiger partial charge in [-0.2, -0.15) is 0 Å². The SMILES string of the molecule is Nc1cc(S(=O)(=O)Nc2c(Cl)cc(F)cc2Br)ccc1F. The first-order valence-electron chi connectivity index (χ1n) is 5.43. The van der Waals surface area contributed by atoms with Crippen molar-refractivity contribution in [2.75, 3.05) is 10.5 Å². The van der Waals surface area contributed by atoms with E-state index >= 15 is 0 Å². The fourth-order valence-electron chi connectivity index (χ4n) is 1.52. The number of hydrogen-bond donors (Lipinski definition) is 2. The van der Waals surface area contributed by atoms with Gasteiger partial charge in [-0.1, -0.05) is 11.6 Å². The molecule has 0 fully saturated rings. The van der Waals surface area contributed by atoms with E-state index in [9.17, 15) is 17.2 Å². The van der Waals surface area contributed by atoms with Gasteiger partial charge in [0.2, 0.25) is 0 Å². The van der Waals surface area contributed by atoms with E-state index in [1.54, 1.807) is 0 Å². The molecule has 21 heavy (non-hydrogen) atoms. The lowest BCUT2D eigenvalue weighted by atomic mass is 10.3. The third kappa shape index (κ3) is 3.45. The Morgan fingerprint density at radius 1 is 1.19 bits per heavy atom. The molecule has 2 aromatic rings. The number of halogens is 4. The van der Waals surface area contributed by atoms with Gasteiger partial charge in [0.1, 0.15) is 11.6 Å². The maximum absolute atomic E-state index is 13.1. The number of anilines is 2. The quantitative estimate of drug-likeness (QED) is 0.775. The summed E-state index contributed by atoms with van der Waals surface area (Å²) >= 11 is 8.82. The van der Waals surface area contributed by atoms with Crippen molar-refractivity contribution in [1.82, 2.24) is 0 Å². The van der Waals surface area contributed by atoms with E-state index in [0.717, 1.165) is 30.3 Å². The Bertz CT molecular complexity index is 792. The van der Waals surface area contributed by atoms with Crippen molar-refractivity contribution in [3.8, 4) is 0 Å². The average Bonchev–Trinajstić information content (AvgIpc) is 2.37. The van der Waals surface area contributed by atoms with Gasteiger partial charge in [-0.15, -0.1) is 0 Å². The van der Waals surface area contributed by atoms with Crippen molar-refractivity contribution < 1.29 is 17.2 Å². The van der Waals surface area contributed by atoms with Gasteiger partial charge in [0.25, 0.3) is 10.0 Å². The normalized spacial score (nSPS) is 11.4. The second-order valence-electron chi connectivity index (χ2n) is 4.03. The molecule has 9 heteroatoms. The van der Waals surface area contributed by atoms with Crippen molar-refractivity contribution >= 4 is 48.9 Å². The number of sulfonamides is 1. The summed E-state index contributed by atoms with van der Waals surface area (Å²) < 4.78 is 52.9. The lowest BCUT2D eigenvalue weighted by molar-refractivity contribution is 0.599. The molecule has 0 aliphatic carbocycles. The zero-order valence-electron chi connectivity index (χ0n) is 10.2. The van der Waals surface area contributed by atoms with Crippen LogP contribution in [0, 0.1) is 11.6 Å². The lowest BCUT2D eigenvalue weighted by Gasteiger charge is -2.12. The molecule has 0 saturated heterocycles. The number of nitrogen functional groups attached to an aromatic ring is 1. The molecule has 3 N–H and O–H groups in total. The summed E-state index contributed by atoms with van der Waals surface area (Å²) in [6, 6.07) is 4.99. The number of benzene rings is 2. The first kappa shape index (κ1) is 16.0. The molecule has 0 aliphatic heterocycles. The first-order chi connectivity index (χ1) is 9.70. The monoisotopic (exact) mass is 396 g/mol. The van der Waals surface area contributed by atoms with Crippen LogP contribution in [0.15, 0.2) is 39.7 Å². The predicted molar refractivity (Wildman–Crippen MR) is 80.7 cm³/mol. The van der Waals surface area contributed by atoms with Crippen LogP contribution in [0.3, 0.4) is 0 Å². The molecule has 112 valence electrons. The van der Waals surface area contributed by atoms with Gasteiger partial charge in [-0.25, -0.2) is 17.2 Å². The van der Waals surface area contributed by atoms with Crippen LogP contribution in [0.4, 0.5) is 20.2 Å². The van der Waals surface area contributed by atoms with Gasteiger partial charge in [-0.05, 0) is 46.3 Å². The van der Waals surface area contributed by atoms with Crippen molar-refractivity contribution in [3.63, 3.8) is 0 Å². The molecule has 0 heterocycles. The fraction of sp³-hybridized carbons (Fsp3) is 0. The minimum absolute atomic E-state index is 0.0269. The van der Waals surface area contributed by atoms with Crippen LogP contribution in [0.25, 0.3) is 0 Å². The largest absolute Gasteiger partial charge is 0.396 e. The van der Waals surface area contributed by atoms with E-state index < -0.39 is 21.7 Å². The summed E-state index contributed by atoms with van der Waals surface area (Å²) in [5, 5.41) is -0.125. The molecule has 0 saturated carbocycles. The molecule has 2 rings (SSSR count). The zero-order chi connectivity index (χ0) is 15.8. The Morgan fingerprint density at radius 2 is 1.86 bits per heavy atom. The molecular weight excluding hydrogens is 390 g/mol. The van der Waals surface area contributed by atoms with Crippen molar-refractivity contribution in [3.05, 3.63) is 51.5 Å². The van der Waals surface area contributed by atoms with Crippen molar-refractivity contribution in [2.45, 2.75) is 4.90 Å². The Labute approximate surface area is 133 Å². The minimum Gasteiger partial charge on any atom is -0.396 e. The third-order valence-corrected chi connectivity index (χ3v) is 4.79. The van der Waals surface area contributed by atoms with E-state index in [4.69, 9.17) is 17.3 Å². The molecule has 0 aromatic heterocycles. The van der Waals surface area contributed by atoms with Gasteiger partial charge in [0.15, 0.2) is 0 Å². The minimum atomic E-state index is -4.04. The van der Waals surface area contributed by atoms with E-state index in [1.165, 1.54) is 0 Å². The fourth-order valence-corrected chi connectivity index (χ4v) is 3.74. The third-order valence-electron chi connectivity index (χ3n) is 2.52. The van der Waals surface area contributed by atoms with Crippen LogP contribution in [0.1, 0.15) is 0 Å². The van der Waals surface area contributed by atoms with Gasteiger partial charge in [0.05, 0.1) is 21.3 Å². The van der Waals surface area contributed by atoms with Gasteiger partial charge >= 0.3 is 0 Å². The van der Waals surface area contributed by atoms with Crippen LogP contribution in [-0.4, -0.2) is 8.42 Å². The van der Waals surface area contributed by atoms with Crippen molar-refractivity contribution in [1.29, 1.82) is 0 Å². The summed E-state index contributed by atoms with van der Waals surface area (Å²) in [5.74, 6) is -1.35. The zero-order valence-corrected chi connectivity index (χ0v) is 13.4. The predicted octanol–water partition coefficient (Wildman–Crippen LogP) is 3.76. The number of nitrogens with one attached hydrogen (secondary N) is 1. The Kier molecular flexibility index (Phi) is 4.40. The second kappa shape index (κ2) is 5.78. The summed E-state index contributed by atoms with van der Waals surface area (Å²) in [4.78, 5) is -0.242. The molecule has 0 radical (unpaired) electrons. The maximum Gasteiger partial charge on any atom is 0.262 e. The number of nitrogens with two attached hydrogens (primary N) is 1. The molecule has 0 spiro atoms. The Hall–Kier alpha value is -1.38. The van der Waals surface area contributed by atoms with Crippen LogP contribution >= 0.6 is 27.5 Å². The summed E-state index contributed by atoms with van der Waals surface area (Å²) in [5.41, 5.74) is 5.01. The molecule has 0 atom stereocenters. The van der Waals surface area contributed by atoms with E-state index in [1.807, 2.05) is 0 Å². The standard InChI is InChI=1S/C12H8BrClF2N2O2S/c13-8-3-6(15)4-9(14)12(8)18-21(19,20)7-1-2-10(16)11(17)5-7/h1-5,18H,17H2. The highest BCUT2D eigenvalue weighted by Crippen LogP contribution is 2.33. The number of hydrogen-bond acceptors (Lipinski definition) is 3. The smallest absolute Gasteiger partial charge is 0.262 e. The summed E-state index contributed by atoms with van der Waals surface area (Å²) in [6.07, 6.45) is 0. The van der Waals surface area contributed by atoms with Crippen LogP contribution < -0.4 is 10.5 Å². The highest BCUT2D eigenvalue weighted by molar-refractivity contribution is 9.10. The highest BCUT2D eigenvalue weighted by Gasteiger charge is 2.19. The summed E-state index contributed by atoms with van der Waals surface area (Å²) in [7, 11) is -4.04. The molecule has 0 unspecified atom stereocenters. The summed E-state index contributed by atoms with van der Waals surface area (Å²) in [6.45, 7) is 0. The molecule has 4 nitrogen and oxygen atoms in total. The maximum atomic E-state index is 13.1. The van der Waals surface area contributed by atoms with Gasteiger partial charge < -0.3 is 5.73 Å². The molecule has 0 amide bonds. The van der Waals surface area contributed by atoms with Crippen LogP contribution in [0.5, 0.6) is 0 Å². The van der Waals surface area contributed by atoms with E-state index in [2.05, 4.69) is 20.7 Å². The molecule has 2 aromatic carbocycles. The number of rotatable bonds is 3.